The third-order valence-electron chi connectivity index (χ3n) is 4.82. The van der Waals surface area contributed by atoms with Gasteiger partial charge in [-0.25, -0.2) is 0 Å². The van der Waals surface area contributed by atoms with E-state index < -0.39 is 6.10 Å². The largest absolute Gasteiger partial charge is 0.366 e. The molecule has 0 bridgehead atoms. The molecular formula is C19H28N4O3. The summed E-state index contributed by atoms with van der Waals surface area (Å²) in [5, 5.41) is 8.97. The van der Waals surface area contributed by atoms with Crippen LogP contribution < -0.4 is 16.0 Å². The number of benzene rings is 1. The van der Waals surface area contributed by atoms with Crippen molar-refractivity contribution in [2.24, 2.45) is 0 Å². The van der Waals surface area contributed by atoms with E-state index >= 15 is 0 Å². The van der Waals surface area contributed by atoms with Gasteiger partial charge in [-0.05, 0) is 43.6 Å². The molecule has 0 aliphatic carbocycles. The predicted molar refractivity (Wildman–Crippen MR) is 98.9 cm³/mol. The summed E-state index contributed by atoms with van der Waals surface area (Å²) in [6.45, 7) is 6.17. The monoisotopic (exact) mass is 360 g/mol. The maximum absolute atomic E-state index is 12.2. The third kappa shape index (κ3) is 5.52. The Balaban J connectivity index is 1.39. The zero-order chi connectivity index (χ0) is 18.2. The van der Waals surface area contributed by atoms with Crippen molar-refractivity contribution in [3.63, 3.8) is 0 Å². The van der Waals surface area contributed by atoms with Crippen LogP contribution in [-0.2, 0) is 16.1 Å². The third-order valence-corrected chi connectivity index (χ3v) is 4.82. The van der Waals surface area contributed by atoms with Crippen molar-refractivity contribution < 1.29 is 14.3 Å². The zero-order valence-corrected chi connectivity index (χ0v) is 15.1. The molecule has 0 radical (unpaired) electrons. The Morgan fingerprint density at radius 1 is 1.15 bits per heavy atom. The number of hydrogen-bond donors (Lipinski definition) is 3. The first-order valence-electron chi connectivity index (χ1n) is 9.42. The lowest BCUT2D eigenvalue weighted by Crippen LogP contribution is -2.47. The van der Waals surface area contributed by atoms with Crippen molar-refractivity contribution in [2.75, 3.05) is 45.9 Å². The second-order valence-electron chi connectivity index (χ2n) is 6.78. The lowest BCUT2D eigenvalue weighted by Gasteiger charge is -2.22. The van der Waals surface area contributed by atoms with E-state index in [1.165, 1.54) is 12.8 Å². The quantitative estimate of drug-likeness (QED) is 0.643. The fraction of sp³-hybridized carbons (Fsp3) is 0.579. The SMILES string of the molecule is O=C(NCCN1CCCC1)c1ccc(CNC(=O)C2CNCCO2)cc1. The molecule has 1 unspecified atom stereocenters. The van der Waals surface area contributed by atoms with E-state index in [0.717, 1.165) is 31.7 Å². The van der Waals surface area contributed by atoms with E-state index in [4.69, 9.17) is 4.74 Å². The van der Waals surface area contributed by atoms with Gasteiger partial charge in [0.15, 0.2) is 0 Å². The van der Waals surface area contributed by atoms with Gasteiger partial charge in [-0.15, -0.1) is 0 Å². The van der Waals surface area contributed by atoms with Gasteiger partial charge in [0.2, 0.25) is 0 Å². The lowest BCUT2D eigenvalue weighted by atomic mass is 10.1. The number of hydrogen-bond acceptors (Lipinski definition) is 5. The van der Waals surface area contributed by atoms with Crippen LogP contribution in [0.5, 0.6) is 0 Å². The van der Waals surface area contributed by atoms with Gasteiger partial charge in [-0.2, -0.15) is 0 Å². The molecule has 142 valence electrons. The van der Waals surface area contributed by atoms with Crippen LogP contribution >= 0.6 is 0 Å². The van der Waals surface area contributed by atoms with Crippen LogP contribution in [0.4, 0.5) is 0 Å². The molecule has 2 amide bonds. The summed E-state index contributed by atoms with van der Waals surface area (Å²) in [5.74, 6) is -0.164. The summed E-state index contributed by atoms with van der Waals surface area (Å²) < 4.78 is 5.42. The average Bonchev–Trinajstić information content (AvgIpc) is 3.20. The Morgan fingerprint density at radius 2 is 1.92 bits per heavy atom. The maximum atomic E-state index is 12.2. The molecular weight excluding hydrogens is 332 g/mol. The Kier molecular flexibility index (Phi) is 6.99. The molecule has 0 aromatic heterocycles. The molecule has 2 aliphatic rings. The van der Waals surface area contributed by atoms with Crippen LogP contribution in [0.25, 0.3) is 0 Å². The van der Waals surface area contributed by atoms with Crippen LogP contribution in [0.2, 0.25) is 0 Å². The summed E-state index contributed by atoms with van der Waals surface area (Å²) in [6, 6.07) is 7.34. The topological polar surface area (TPSA) is 82.7 Å². The van der Waals surface area contributed by atoms with Gasteiger partial charge in [0.25, 0.3) is 11.8 Å². The molecule has 3 rings (SSSR count). The number of carbonyl (C=O) groups excluding carboxylic acids is 2. The second kappa shape index (κ2) is 9.66. The standard InChI is InChI=1S/C19H28N4O3/c24-18(21-7-11-23-9-1-2-10-23)16-5-3-15(4-6-16)13-22-19(25)17-14-20-8-12-26-17/h3-6,17,20H,1-2,7-14H2,(H,21,24)(H,22,25). The highest BCUT2D eigenvalue weighted by molar-refractivity contribution is 5.94. The summed E-state index contributed by atoms with van der Waals surface area (Å²) in [5.41, 5.74) is 1.59. The smallest absolute Gasteiger partial charge is 0.251 e. The first kappa shape index (κ1) is 18.8. The summed E-state index contributed by atoms with van der Waals surface area (Å²) >= 11 is 0. The summed E-state index contributed by atoms with van der Waals surface area (Å²) in [6.07, 6.45) is 2.09. The molecule has 0 saturated carbocycles. The normalized spacial score (nSPS) is 20.7. The first-order chi connectivity index (χ1) is 12.7. The van der Waals surface area contributed by atoms with E-state index in [0.29, 0.717) is 31.8 Å². The van der Waals surface area contributed by atoms with Gasteiger partial charge >= 0.3 is 0 Å². The molecule has 1 aromatic carbocycles. The molecule has 1 atom stereocenters. The molecule has 2 heterocycles. The Labute approximate surface area is 154 Å². The van der Waals surface area contributed by atoms with Gasteiger partial charge < -0.3 is 25.6 Å². The molecule has 2 aliphatic heterocycles. The van der Waals surface area contributed by atoms with Crippen molar-refractivity contribution in [3.05, 3.63) is 35.4 Å². The van der Waals surface area contributed by atoms with Crippen LogP contribution in [-0.4, -0.2) is 68.7 Å². The zero-order valence-electron chi connectivity index (χ0n) is 15.1. The number of ether oxygens (including phenoxy) is 1. The number of rotatable bonds is 7. The number of likely N-dealkylation sites (tertiary alicyclic amines) is 1. The number of nitrogens with zero attached hydrogens (tertiary/aromatic N) is 1. The molecule has 7 heteroatoms. The highest BCUT2D eigenvalue weighted by Crippen LogP contribution is 2.07. The fourth-order valence-electron chi connectivity index (χ4n) is 3.25. The van der Waals surface area contributed by atoms with E-state index in [1.807, 2.05) is 12.1 Å². The van der Waals surface area contributed by atoms with Crippen LogP contribution in [0.15, 0.2) is 24.3 Å². The minimum Gasteiger partial charge on any atom is -0.366 e. The van der Waals surface area contributed by atoms with Gasteiger partial charge in [0.1, 0.15) is 6.10 Å². The first-order valence-corrected chi connectivity index (χ1v) is 9.42. The number of nitrogens with one attached hydrogen (secondary N) is 3. The molecule has 3 N–H and O–H groups in total. The maximum Gasteiger partial charge on any atom is 0.251 e. The molecule has 1 aromatic rings. The number of amides is 2. The van der Waals surface area contributed by atoms with Gasteiger partial charge in [-0.1, -0.05) is 12.1 Å². The van der Waals surface area contributed by atoms with Crippen molar-refractivity contribution in [1.82, 2.24) is 20.9 Å². The van der Waals surface area contributed by atoms with Crippen LogP contribution in [0.3, 0.4) is 0 Å². The Morgan fingerprint density at radius 3 is 2.62 bits per heavy atom. The molecule has 0 spiro atoms. The van der Waals surface area contributed by atoms with Crippen LogP contribution in [0, 0.1) is 0 Å². The Bertz CT molecular complexity index is 593. The van der Waals surface area contributed by atoms with Crippen LogP contribution in [0.1, 0.15) is 28.8 Å². The minimum absolute atomic E-state index is 0.0542. The Hall–Kier alpha value is -1.96. The highest BCUT2D eigenvalue weighted by Gasteiger charge is 2.21. The van der Waals surface area contributed by atoms with E-state index in [1.54, 1.807) is 12.1 Å². The lowest BCUT2D eigenvalue weighted by molar-refractivity contribution is -0.134. The average molecular weight is 360 g/mol. The van der Waals surface area contributed by atoms with Crippen molar-refractivity contribution in [3.8, 4) is 0 Å². The minimum atomic E-state index is -0.426. The van der Waals surface area contributed by atoms with Crippen molar-refractivity contribution >= 4 is 11.8 Å². The van der Waals surface area contributed by atoms with E-state index in [9.17, 15) is 9.59 Å². The fourth-order valence-corrected chi connectivity index (χ4v) is 3.25. The van der Waals surface area contributed by atoms with Crippen molar-refractivity contribution in [1.29, 1.82) is 0 Å². The second-order valence-corrected chi connectivity index (χ2v) is 6.78. The molecule has 2 saturated heterocycles. The highest BCUT2D eigenvalue weighted by atomic mass is 16.5. The summed E-state index contributed by atoms with van der Waals surface area (Å²) in [7, 11) is 0. The van der Waals surface area contributed by atoms with Gasteiger partial charge in [-0.3, -0.25) is 9.59 Å². The molecule has 7 nitrogen and oxygen atoms in total. The molecule has 2 fully saturated rings. The van der Waals surface area contributed by atoms with Gasteiger partial charge in [0.05, 0.1) is 6.61 Å². The molecule has 26 heavy (non-hydrogen) atoms. The van der Waals surface area contributed by atoms with Gasteiger partial charge in [0, 0.05) is 38.3 Å². The number of morpholine rings is 1. The van der Waals surface area contributed by atoms with E-state index in [2.05, 4.69) is 20.9 Å². The summed E-state index contributed by atoms with van der Waals surface area (Å²) in [4.78, 5) is 26.6. The predicted octanol–water partition coefficient (Wildman–Crippen LogP) is 0.117. The number of carbonyl (C=O) groups is 2. The van der Waals surface area contributed by atoms with E-state index in [-0.39, 0.29) is 11.8 Å². The van der Waals surface area contributed by atoms with Crippen molar-refractivity contribution in [2.45, 2.75) is 25.5 Å².